The van der Waals surface area contributed by atoms with Gasteiger partial charge in [-0.15, -0.1) is 0 Å². The van der Waals surface area contributed by atoms with Crippen LogP contribution in [0.15, 0.2) is 12.7 Å². The molecule has 0 aromatic carbocycles. The molecule has 0 aromatic rings. The molecule has 7 nitrogen and oxygen atoms in total. The van der Waals surface area contributed by atoms with Crippen LogP contribution in [0.25, 0.3) is 0 Å². The molecule has 0 atom stereocenters. The summed E-state index contributed by atoms with van der Waals surface area (Å²) in [5.41, 5.74) is 0. The van der Waals surface area contributed by atoms with Crippen molar-refractivity contribution >= 4 is 17.8 Å². The first-order chi connectivity index (χ1) is 11.4. The van der Waals surface area contributed by atoms with E-state index in [-0.39, 0.29) is 24.4 Å². The Kier molecular flexibility index (Phi) is 19.4. The zero-order chi connectivity index (χ0) is 18.6. The minimum absolute atomic E-state index is 0.0110. The zero-order valence-corrected chi connectivity index (χ0v) is 14.9. The summed E-state index contributed by atoms with van der Waals surface area (Å²) >= 11 is 0. The Morgan fingerprint density at radius 3 is 1.83 bits per heavy atom. The number of amides is 2. The maximum atomic E-state index is 10.6. The summed E-state index contributed by atoms with van der Waals surface area (Å²) in [6, 6.07) is 0. The Hall–Kier alpha value is -1.89. The van der Waals surface area contributed by atoms with Gasteiger partial charge in [-0.3, -0.25) is 9.59 Å². The average Bonchev–Trinajstić information content (AvgIpc) is 2.53. The van der Waals surface area contributed by atoms with E-state index in [1.54, 1.807) is 0 Å². The molecule has 0 unspecified atom stereocenters. The smallest absolute Gasteiger partial charge is 0.330 e. The number of esters is 1. The molecule has 0 aliphatic heterocycles. The van der Waals surface area contributed by atoms with E-state index in [4.69, 9.17) is 9.84 Å². The fourth-order valence-corrected chi connectivity index (χ4v) is 1.58. The molecule has 0 heterocycles. The van der Waals surface area contributed by atoms with Crippen LogP contribution in [0.4, 0.5) is 0 Å². The van der Waals surface area contributed by atoms with Crippen molar-refractivity contribution < 1.29 is 24.2 Å². The van der Waals surface area contributed by atoms with Gasteiger partial charge in [0.15, 0.2) is 0 Å². The standard InChI is InChI=1S/C10H17NO3.C7H15NO2/c1-3-10(13)14-8-6-4-5-7-11-9(2)12;1-7(10)8-5-3-2-4-6-9/h3H,1,4-8H2,2H3,(H,11,12);9H,2-6H2,1H3,(H,8,10). The number of nitrogens with one attached hydrogen (secondary N) is 2. The maximum absolute atomic E-state index is 10.6. The van der Waals surface area contributed by atoms with Crippen LogP contribution in [0.2, 0.25) is 0 Å². The predicted octanol–water partition coefficient (Wildman–Crippen LogP) is 1.31. The molecule has 0 spiro atoms. The van der Waals surface area contributed by atoms with E-state index in [0.29, 0.717) is 13.2 Å². The quantitative estimate of drug-likeness (QED) is 0.281. The van der Waals surface area contributed by atoms with Crippen molar-refractivity contribution in [2.45, 2.75) is 52.4 Å². The van der Waals surface area contributed by atoms with Crippen LogP contribution in [0.5, 0.6) is 0 Å². The first-order valence-corrected chi connectivity index (χ1v) is 8.33. The van der Waals surface area contributed by atoms with Gasteiger partial charge in [0.2, 0.25) is 11.8 Å². The second kappa shape index (κ2) is 19.2. The molecule has 7 heteroatoms. The lowest BCUT2D eigenvalue weighted by molar-refractivity contribution is -0.137. The van der Waals surface area contributed by atoms with Crippen LogP contribution in [-0.4, -0.2) is 49.2 Å². The first kappa shape index (κ1) is 24.4. The lowest BCUT2D eigenvalue weighted by atomic mass is 10.2. The molecule has 0 aliphatic carbocycles. The highest BCUT2D eigenvalue weighted by Gasteiger charge is 1.95. The van der Waals surface area contributed by atoms with Crippen molar-refractivity contribution in [3.8, 4) is 0 Å². The van der Waals surface area contributed by atoms with E-state index < -0.39 is 0 Å². The third-order valence-corrected chi connectivity index (χ3v) is 2.81. The molecule has 0 rings (SSSR count). The molecule has 3 N–H and O–H groups in total. The zero-order valence-electron chi connectivity index (χ0n) is 14.9. The first-order valence-electron chi connectivity index (χ1n) is 8.33. The second-order valence-corrected chi connectivity index (χ2v) is 5.18. The normalized spacial score (nSPS) is 9.29. The molecular weight excluding hydrogens is 312 g/mol. The number of carbonyl (C=O) groups is 3. The molecule has 2 amide bonds. The van der Waals surface area contributed by atoms with Crippen molar-refractivity contribution in [3.63, 3.8) is 0 Å². The Morgan fingerprint density at radius 2 is 1.42 bits per heavy atom. The number of ether oxygens (including phenoxy) is 1. The van der Waals surface area contributed by atoms with Gasteiger partial charge >= 0.3 is 5.97 Å². The lowest BCUT2D eigenvalue weighted by Crippen LogP contribution is -2.20. The molecule has 0 fully saturated rings. The topological polar surface area (TPSA) is 105 Å². The van der Waals surface area contributed by atoms with Gasteiger partial charge in [0.1, 0.15) is 0 Å². The predicted molar refractivity (Wildman–Crippen MR) is 93.3 cm³/mol. The van der Waals surface area contributed by atoms with Gasteiger partial charge in [-0.25, -0.2) is 4.79 Å². The van der Waals surface area contributed by atoms with Crippen LogP contribution in [0.3, 0.4) is 0 Å². The van der Waals surface area contributed by atoms with Crippen molar-refractivity contribution in [1.29, 1.82) is 0 Å². The van der Waals surface area contributed by atoms with Gasteiger partial charge in [0.25, 0.3) is 0 Å². The van der Waals surface area contributed by atoms with E-state index in [1.807, 2.05) is 0 Å². The largest absolute Gasteiger partial charge is 0.463 e. The number of hydrogen-bond acceptors (Lipinski definition) is 5. The van der Waals surface area contributed by atoms with Gasteiger partial charge in [0, 0.05) is 39.6 Å². The Labute approximate surface area is 144 Å². The highest BCUT2D eigenvalue weighted by atomic mass is 16.5. The number of aliphatic hydroxyl groups is 1. The molecular formula is C17H32N2O5. The third-order valence-electron chi connectivity index (χ3n) is 2.81. The van der Waals surface area contributed by atoms with Crippen molar-refractivity contribution in [2.75, 3.05) is 26.3 Å². The molecule has 0 saturated heterocycles. The Balaban J connectivity index is 0. The van der Waals surface area contributed by atoms with E-state index in [0.717, 1.165) is 51.1 Å². The fraction of sp³-hybridized carbons (Fsp3) is 0.706. The average molecular weight is 344 g/mol. The summed E-state index contributed by atoms with van der Waals surface area (Å²) < 4.78 is 4.77. The number of rotatable bonds is 12. The molecule has 0 aromatic heterocycles. The van der Waals surface area contributed by atoms with Crippen LogP contribution in [0.1, 0.15) is 52.4 Å². The summed E-state index contributed by atoms with van der Waals surface area (Å²) in [6.45, 7) is 8.37. The molecule has 0 saturated carbocycles. The third kappa shape index (κ3) is 25.1. The SMILES string of the molecule is C=CC(=O)OCCCCCNC(C)=O.CC(=O)NCCCCCO. The fourth-order valence-electron chi connectivity index (χ4n) is 1.58. The summed E-state index contributed by atoms with van der Waals surface area (Å²) in [5.74, 6) is -0.376. The second-order valence-electron chi connectivity index (χ2n) is 5.18. The molecule has 24 heavy (non-hydrogen) atoms. The van der Waals surface area contributed by atoms with Crippen LogP contribution >= 0.6 is 0 Å². The van der Waals surface area contributed by atoms with Gasteiger partial charge < -0.3 is 20.5 Å². The van der Waals surface area contributed by atoms with E-state index in [9.17, 15) is 14.4 Å². The van der Waals surface area contributed by atoms with Crippen LogP contribution < -0.4 is 10.6 Å². The minimum atomic E-state index is -0.383. The van der Waals surface area contributed by atoms with E-state index in [1.165, 1.54) is 13.8 Å². The molecule has 0 bridgehead atoms. The van der Waals surface area contributed by atoms with E-state index in [2.05, 4.69) is 17.2 Å². The lowest BCUT2D eigenvalue weighted by Gasteiger charge is -2.02. The summed E-state index contributed by atoms with van der Waals surface area (Å²) in [4.78, 5) is 31.4. The Bertz CT molecular complexity index is 359. The highest BCUT2D eigenvalue weighted by Crippen LogP contribution is 1.95. The van der Waals surface area contributed by atoms with Crippen molar-refractivity contribution in [1.82, 2.24) is 10.6 Å². The maximum Gasteiger partial charge on any atom is 0.330 e. The summed E-state index contributed by atoms with van der Waals surface area (Å²) in [5, 5.41) is 13.8. The summed E-state index contributed by atoms with van der Waals surface area (Å²) in [7, 11) is 0. The van der Waals surface area contributed by atoms with E-state index >= 15 is 0 Å². The number of hydrogen-bond donors (Lipinski definition) is 3. The Morgan fingerprint density at radius 1 is 0.917 bits per heavy atom. The molecule has 0 aliphatic rings. The monoisotopic (exact) mass is 344 g/mol. The van der Waals surface area contributed by atoms with Crippen molar-refractivity contribution in [2.24, 2.45) is 0 Å². The van der Waals surface area contributed by atoms with Crippen LogP contribution in [-0.2, 0) is 19.1 Å². The van der Waals surface area contributed by atoms with Gasteiger partial charge in [-0.05, 0) is 38.5 Å². The highest BCUT2D eigenvalue weighted by molar-refractivity contribution is 5.81. The van der Waals surface area contributed by atoms with Crippen LogP contribution in [0, 0.1) is 0 Å². The number of carbonyl (C=O) groups excluding carboxylic acids is 3. The molecule has 140 valence electrons. The number of unbranched alkanes of at least 4 members (excludes halogenated alkanes) is 4. The van der Waals surface area contributed by atoms with Crippen molar-refractivity contribution in [3.05, 3.63) is 12.7 Å². The van der Waals surface area contributed by atoms with Gasteiger partial charge in [-0.2, -0.15) is 0 Å². The summed E-state index contributed by atoms with van der Waals surface area (Å²) in [6.07, 6.45) is 6.59. The van der Waals surface area contributed by atoms with Gasteiger partial charge in [0.05, 0.1) is 6.61 Å². The van der Waals surface area contributed by atoms with Gasteiger partial charge in [-0.1, -0.05) is 6.58 Å². The molecule has 0 radical (unpaired) electrons. The number of aliphatic hydroxyl groups excluding tert-OH is 1. The minimum Gasteiger partial charge on any atom is -0.463 e.